The van der Waals surface area contributed by atoms with Crippen LogP contribution in [0.25, 0.3) is 5.65 Å². The molecule has 1 atom stereocenters. The van der Waals surface area contributed by atoms with Crippen molar-refractivity contribution in [2.75, 3.05) is 6.54 Å². The molecule has 1 fully saturated rings. The van der Waals surface area contributed by atoms with Crippen LogP contribution in [-0.4, -0.2) is 15.9 Å². The Kier molecular flexibility index (Phi) is 2.83. The van der Waals surface area contributed by atoms with Crippen LogP contribution in [0.4, 0.5) is 4.39 Å². The lowest BCUT2D eigenvalue weighted by Crippen LogP contribution is -2.29. The van der Waals surface area contributed by atoms with Gasteiger partial charge in [-0.15, -0.1) is 0 Å². The number of pyridine rings is 1. The molecule has 2 aromatic heterocycles. The maximum Gasteiger partial charge on any atom is 0.258 e. The van der Waals surface area contributed by atoms with Gasteiger partial charge in [0.2, 0.25) is 0 Å². The summed E-state index contributed by atoms with van der Waals surface area (Å²) in [6, 6.07) is 4.49. The third-order valence-corrected chi connectivity index (χ3v) is 3.31. The van der Waals surface area contributed by atoms with Crippen LogP contribution in [0.3, 0.4) is 0 Å². The molecule has 94 valence electrons. The summed E-state index contributed by atoms with van der Waals surface area (Å²) in [5.74, 6) is -0.435. The Balaban J connectivity index is 2.09. The average Bonchev–Trinajstić information content (AvgIpc) is 2.40. The van der Waals surface area contributed by atoms with Crippen LogP contribution in [0.2, 0.25) is 0 Å². The zero-order chi connectivity index (χ0) is 12.5. The maximum atomic E-state index is 13.1. The van der Waals surface area contributed by atoms with E-state index in [4.69, 9.17) is 0 Å². The highest BCUT2D eigenvalue weighted by Gasteiger charge is 2.17. The molecule has 1 aliphatic rings. The van der Waals surface area contributed by atoms with Crippen LogP contribution in [0, 0.1) is 5.82 Å². The van der Waals surface area contributed by atoms with Crippen LogP contribution in [-0.2, 0) is 0 Å². The molecule has 1 unspecified atom stereocenters. The lowest BCUT2D eigenvalue weighted by atomic mass is 10.0. The Morgan fingerprint density at radius 1 is 1.39 bits per heavy atom. The lowest BCUT2D eigenvalue weighted by Gasteiger charge is -2.22. The number of halogens is 1. The fourth-order valence-electron chi connectivity index (χ4n) is 2.38. The number of fused-ring (bicyclic) bond motifs is 1. The summed E-state index contributed by atoms with van der Waals surface area (Å²) in [5.41, 5.74) is 1.01. The Morgan fingerprint density at radius 3 is 3.06 bits per heavy atom. The minimum absolute atomic E-state index is 0.140. The highest BCUT2D eigenvalue weighted by molar-refractivity contribution is 5.38. The van der Waals surface area contributed by atoms with E-state index in [1.165, 1.54) is 28.8 Å². The van der Waals surface area contributed by atoms with Crippen molar-refractivity contribution < 1.29 is 4.39 Å². The van der Waals surface area contributed by atoms with E-state index in [1.807, 2.05) is 0 Å². The third kappa shape index (κ3) is 2.01. The van der Waals surface area contributed by atoms with E-state index in [0.29, 0.717) is 5.65 Å². The van der Waals surface area contributed by atoms with Gasteiger partial charge in [0.15, 0.2) is 0 Å². The lowest BCUT2D eigenvalue weighted by molar-refractivity contribution is 0.405. The SMILES string of the molecule is O=c1cc(C2CCCCN2)nc2ccc(F)cn12. The van der Waals surface area contributed by atoms with Crippen molar-refractivity contribution in [1.82, 2.24) is 14.7 Å². The fourth-order valence-corrected chi connectivity index (χ4v) is 2.38. The van der Waals surface area contributed by atoms with Crippen molar-refractivity contribution in [3.63, 3.8) is 0 Å². The molecule has 0 aliphatic carbocycles. The molecule has 18 heavy (non-hydrogen) atoms. The molecular weight excluding hydrogens is 233 g/mol. The number of hydrogen-bond donors (Lipinski definition) is 1. The molecule has 1 saturated heterocycles. The molecule has 0 bridgehead atoms. The molecule has 0 saturated carbocycles. The predicted molar refractivity (Wildman–Crippen MR) is 66.0 cm³/mol. The highest BCUT2D eigenvalue weighted by Crippen LogP contribution is 2.20. The summed E-state index contributed by atoms with van der Waals surface area (Å²) in [6.45, 7) is 0.954. The molecule has 1 N–H and O–H groups in total. The Labute approximate surface area is 103 Å². The summed E-state index contributed by atoms with van der Waals surface area (Å²) < 4.78 is 14.3. The molecule has 0 spiro atoms. The topological polar surface area (TPSA) is 46.4 Å². The van der Waals surface area contributed by atoms with E-state index in [-0.39, 0.29) is 11.6 Å². The number of nitrogens with one attached hydrogen (secondary N) is 1. The fraction of sp³-hybridized carbons (Fsp3) is 0.385. The second kappa shape index (κ2) is 4.49. The predicted octanol–water partition coefficient (Wildman–Crippen LogP) is 1.65. The smallest absolute Gasteiger partial charge is 0.258 e. The molecule has 2 aromatic rings. The van der Waals surface area contributed by atoms with E-state index >= 15 is 0 Å². The Hall–Kier alpha value is -1.75. The van der Waals surface area contributed by atoms with Gasteiger partial charge in [0.05, 0.1) is 5.69 Å². The number of rotatable bonds is 1. The summed E-state index contributed by atoms with van der Waals surface area (Å²) in [7, 11) is 0. The third-order valence-electron chi connectivity index (χ3n) is 3.31. The van der Waals surface area contributed by atoms with Crippen LogP contribution in [0.5, 0.6) is 0 Å². The van der Waals surface area contributed by atoms with E-state index in [1.54, 1.807) is 0 Å². The van der Waals surface area contributed by atoms with E-state index < -0.39 is 5.82 Å². The first-order chi connectivity index (χ1) is 8.74. The Bertz CT molecular complexity index is 632. The van der Waals surface area contributed by atoms with Gasteiger partial charge >= 0.3 is 0 Å². The second-order valence-corrected chi connectivity index (χ2v) is 4.60. The van der Waals surface area contributed by atoms with Crippen molar-refractivity contribution in [3.8, 4) is 0 Å². The summed E-state index contributed by atoms with van der Waals surface area (Å²) in [6.07, 6.45) is 4.46. The van der Waals surface area contributed by atoms with Crippen LogP contribution >= 0.6 is 0 Å². The first-order valence-corrected chi connectivity index (χ1v) is 6.16. The van der Waals surface area contributed by atoms with Crippen LogP contribution in [0.15, 0.2) is 29.2 Å². The monoisotopic (exact) mass is 247 g/mol. The normalized spacial score (nSPS) is 20.2. The van der Waals surface area contributed by atoms with Gasteiger partial charge in [-0.3, -0.25) is 9.20 Å². The zero-order valence-electron chi connectivity index (χ0n) is 9.90. The standard InChI is InChI=1S/C13H14FN3O/c14-9-4-5-12-16-11(7-13(18)17(12)8-9)10-3-1-2-6-15-10/h4-5,7-8,10,15H,1-3,6H2. The van der Waals surface area contributed by atoms with Crippen molar-refractivity contribution in [2.45, 2.75) is 25.3 Å². The van der Waals surface area contributed by atoms with E-state index in [9.17, 15) is 9.18 Å². The molecule has 0 amide bonds. The average molecular weight is 247 g/mol. The summed E-state index contributed by atoms with van der Waals surface area (Å²) in [4.78, 5) is 16.4. The van der Waals surface area contributed by atoms with Gasteiger partial charge in [-0.1, -0.05) is 6.42 Å². The minimum Gasteiger partial charge on any atom is -0.309 e. The summed E-state index contributed by atoms with van der Waals surface area (Å²) in [5, 5.41) is 3.35. The minimum atomic E-state index is -0.435. The molecule has 5 heteroatoms. The molecular formula is C13H14FN3O. The van der Waals surface area contributed by atoms with Gasteiger partial charge < -0.3 is 5.32 Å². The van der Waals surface area contributed by atoms with Crippen molar-refractivity contribution in [3.05, 3.63) is 46.3 Å². The number of nitrogens with zero attached hydrogens (tertiary/aromatic N) is 2. The number of aromatic nitrogens is 2. The number of piperidine rings is 1. The van der Waals surface area contributed by atoms with Crippen LogP contribution < -0.4 is 10.9 Å². The summed E-state index contributed by atoms with van der Waals surface area (Å²) >= 11 is 0. The van der Waals surface area contributed by atoms with Crippen LogP contribution in [0.1, 0.15) is 31.0 Å². The van der Waals surface area contributed by atoms with E-state index in [0.717, 1.165) is 31.5 Å². The quantitative estimate of drug-likeness (QED) is 0.833. The van der Waals surface area contributed by atoms with Gasteiger partial charge in [0.25, 0.3) is 5.56 Å². The van der Waals surface area contributed by atoms with Gasteiger partial charge in [-0.05, 0) is 31.5 Å². The van der Waals surface area contributed by atoms with Crippen molar-refractivity contribution in [2.24, 2.45) is 0 Å². The van der Waals surface area contributed by atoms with Gasteiger partial charge in [0, 0.05) is 18.3 Å². The molecule has 0 aromatic carbocycles. The van der Waals surface area contributed by atoms with Gasteiger partial charge in [-0.2, -0.15) is 0 Å². The zero-order valence-corrected chi connectivity index (χ0v) is 9.90. The van der Waals surface area contributed by atoms with E-state index in [2.05, 4.69) is 10.3 Å². The first kappa shape index (κ1) is 11.3. The highest BCUT2D eigenvalue weighted by atomic mass is 19.1. The Morgan fingerprint density at radius 2 is 2.28 bits per heavy atom. The molecule has 0 radical (unpaired) electrons. The van der Waals surface area contributed by atoms with Gasteiger partial charge in [0.1, 0.15) is 11.5 Å². The molecule has 3 rings (SSSR count). The molecule has 3 heterocycles. The number of hydrogen-bond acceptors (Lipinski definition) is 3. The second-order valence-electron chi connectivity index (χ2n) is 4.60. The maximum absolute atomic E-state index is 13.1. The largest absolute Gasteiger partial charge is 0.309 e. The van der Waals surface area contributed by atoms with Gasteiger partial charge in [-0.25, -0.2) is 9.37 Å². The molecule has 1 aliphatic heterocycles. The van der Waals surface area contributed by atoms with Crippen molar-refractivity contribution in [1.29, 1.82) is 0 Å². The molecule has 4 nitrogen and oxygen atoms in total. The first-order valence-electron chi connectivity index (χ1n) is 6.16. The van der Waals surface area contributed by atoms with Crippen molar-refractivity contribution >= 4 is 5.65 Å².